The van der Waals surface area contributed by atoms with E-state index in [-0.39, 0.29) is 0 Å². The van der Waals surface area contributed by atoms with E-state index < -0.39 is 12.0 Å². The zero-order valence-corrected chi connectivity index (χ0v) is 9.95. The molecule has 1 atom stereocenters. The zero-order chi connectivity index (χ0) is 11.9. The Kier molecular flexibility index (Phi) is 6.20. The highest BCUT2D eigenvalue weighted by Crippen LogP contribution is 2.08. The largest absolute Gasteiger partial charge is 0.544 e. The first kappa shape index (κ1) is 14.1. The molecule has 1 N–H and O–H groups in total. The summed E-state index contributed by atoms with van der Waals surface area (Å²) in [6.45, 7) is 5.17. The molecule has 0 heterocycles. The maximum Gasteiger partial charge on any atom is 0.129 e. The number of carboxylic acids is 1. The number of rotatable bonds is 8. The predicted molar refractivity (Wildman–Crippen MR) is 59.1 cm³/mol. The number of carboxylic acid groups (broad SMARTS) is 1. The highest BCUT2D eigenvalue weighted by atomic mass is 16.4. The summed E-state index contributed by atoms with van der Waals surface area (Å²) in [5, 5.41) is 14.0. The van der Waals surface area contributed by atoms with Crippen molar-refractivity contribution in [1.82, 2.24) is 5.32 Å². The minimum absolute atomic E-state index is 0.407. The summed E-state index contributed by atoms with van der Waals surface area (Å²) in [6.07, 6.45) is 3.26. The molecular weight excluding hydrogens is 192 g/mol. The second-order valence-electron chi connectivity index (χ2n) is 4.59. The number of nitrogens with zero attached hydrogens (tertiary/aromatic N) is 1. The van der Waals surface area contributed by atoms with Crippen molar-refractivity contribution in [2.45, 2.75) is 18.9 Å². The summed E-state index contributed by atoms with van der Waals surface area (Å²) in [5.41, 5.74) is 0. The number of hydrogen-bond acceptors (Lipinski definition) is 3. The highest BCUT2D eigenvalue weighted by molar-refractivity contribution is 5.69. The molecule has 0 amide bonds. The van der Waals surface area contributed by atoms with Crippen molar-refractivity contribution in [3.8, 4) is 0 Å². The molecule has 0 aromatic carbocycles. The van der Waals surface area contributed by atoms with Crippen LogP contribution < -0.4 is 10.4 Å². The van der Waals surface area contributed by atoms with Gasteiger partial charge in [0.1, 0.15) is 6.04 Å². The van der Waals surface area contributed by atoms with Crippen LogP contribution in [0.4, 0.5) is 0 Å². The Morgan fingerprint density at radius 1 is 1.53 bits per heavy atom. The number of hydrogen-bond donors (Lipinski definition) is 1. The molecule has 88 valence electrons. The van der Waals surface area contributed by atoms with Crippen molar-refractivity contribution in [2.75, 3.05) is 34.2 Å². The minimum atomic E-state index is -0.966. The van der Waals surface area contributed by atoms with Gasteiger partial charge in [0.15, 0.2) is 0 Å². The molecule has 0 bridgehead atoms. The first-order valence-electron chi connectivity index (χ1n) is 5.23. The van der Waals surface area contributed by atoms with Crippen molar-refractivity contribution >= 4 is 5.97 Å². The first-order valence-corrected chi connectivity index (χ1v) is 5.23. The average Bonchev–Trinajstić information content (AvgIpc) is 2.08. The third kappa shape index (κ3) is 6.25. The molecule has 4 heteroatoms. The molecule has 0 aromatic rings. The molecule has 15 heavy (non-hydrogen) atoms. The Morgan fingerprint density at radius 2 is 2.13 bits per heavy atom. The number of aliphatic carboxylic acids is 1. The van der Waals surface area contributed by atoms with Gasteiger partial charge in [-0.3, -0.25) is 0 Å². The molecule has 0 radical (unpaired) electrons. The van der Waals surface area contributed by atoms with Crippen LogP contribution in [0.25, 0.3) is 0 Å². The molecule has 0 aliphatic heterocycles. The molecule has 0 saturated heterocycles. The van der Waals surface area contributed by atoms with Crippen LogP contribution in [0.15, 0.2) is 12.7 Å². The van der Waals surface area contributed by atoms with Gasteiger partial charge in [-0.15, -0.1) is 6.58 Å². The third-order valence-corrected chi connectivity index (χ3v) is 2.33. The van der Waals surface area contributed by atoms with Gasteiger partial charge in [0.05, 0.1) is 27.1 Å². The second-order valence-corrected chi connectivity index (χ2v) is 4.59. The fraction of sp³-hybridized carbons (Fsp3) is 0.727. The standard InChI is InChI=1S/C11H22N2O2/c1-5-8-12-9-6-7-10(11(14)15)13(2,3)4/h5,10,12H,1,6-9H2,2-4H3. The molecule has 0 saturated carbocycles. The van der Waals surface area contributed by atoms with E-state index in [0.29, 0.717) is 10.9 Å². The summed E-state index contributed by atoms with van der Waals surface area (Å²) in [6, 6.07) is -0.435. The molecule has 0 rings (SSSR count). The van der Waals surface area contributed by atoms with Crippen LogP contribution in [0.1, 0.15) is 12.8 Å². The summed E-state index contributed by atoms with van der Waals surface area (Å²) in [5.74, 6) is -0.966. The number of likely N-dealkylation sites (N-methyl/N-ethyl adjacent to an activating group) is 1. The van der Waals surface area contributed by atoms with E-state index in [9.17, 15) is 9.90 Å². The normalized spacial score (nSPS) is 13.5. The molecule has 0 aromatic heterocycles. The quantitative estimate of drug-likeness (QED) is 0.332. The SMILES string of the molecule is C=CCNCCCC(C(=O)[O-])[N+](C)(C)C. The van der Waals surface area contributed by atoms with Crippen molar-refractivity contribution < 1.29 is 14.4 Å². The summed E-state index contributed by atoms with van der Waals surface area (Å²) in [4.78, 5) is 10.9. The maximum atomic E-state index is 10.9. The van der Waals surface area contributed by atoms with Crippen LogP contribution in [-0.4, -0.2) is 50.7 Å². The Bertz CT molecular complexity index is 209. The topological polar surface area (TPSA) is 52.2 Å². The predicted octanol–water partition coefficient (Wildman–Crippen LogP) is -0.633. The minimum Gasteiger partial charge on any atom is -0.544 e. The summed E-state index contributed by atoms with van der Waals surface area (Å²) in [7, 11) is 5.62. The van der Waals surface area contributed by atoms with E-state index in [2.05, 4.69) is 11.9 Å². The van der Waals surface area contributed by atoms with Crippen LogP contribution in [0, 0.1) is 0 Å². The van der Waals surface area contributed by atoms with E-state index in [1.165, 1.54) is 0 Å². The van der Waals surface area contributed by atoms with Crippen LogP contribution in [0.2, 0.25) is 0 Å². The van der Waals surface area contributed by atoms with Crippen LogP contribution in [0.3, 0.4) is 0 Å². The molecular formula is C11H22N2O2. The van der Waals surface area contributed by atoms with E-state index in [0.717, 1.165) is 19.5 Å². The van der Waals surface area contributed by atoms with Gasteiger partial charge in [0.2, 0.25) is 0 Å². The van der Waals surface area contributed by atoms with Gasteiger partial charge in [-0.05, 0) is 13.0 Å². The van der Waals surface area contributed by atoms with E-state index in [4.69, 9.17) is 0 Å². The lowest BCUT2D eigenvalue weighted by Crippen LogP contribution is -2.54. The van der Waals surface area contributed by atoms with Gasteiger partial charge >= 0.3 is 0 Å². The number of nitrogens with one attached hydrogen (secondary N) is 1. The van der Waals surface area contributed by atoms with Gasteiger partial charge in [-0.2, -0.15) is 0 Å². The lowest BCUT2D eigenvalue weighted by atomic mass is 10.1. The van der Waals surface area contributed by atoms with Gasteiger partial charge in [0.25, 0.3) is 0 Å². The van der Waals surface area contributed by atoms with Gasteiger partial charge in [-0.25, -0.2) is 0 Å². The molecule has 0 aliphatic rings. The highest BCUT2D eigenvalue weighted by Gasteiger charge is 2.24. The maximum absolute atomic E-state index is 10.9. The van der Waals surface area contributed by atoms with Crippen LogP contribution in [-0.2, 0) is 4.79 Å². The van der Waals surface area contributed by atoms with Gasteiger partial charge in [-0.1, -0.05) is 6.08 Å². The van der Waals surface area contributed by atoms with E-state index in [1.54, 1.807) is 6.08 Å². The Hall–Kier alpha value is -0.870. The van der Waals surface area contributed by atoms with Gasteiger partial charge < -0.3 is 19.7 Å². The summed E-state index contributed by atoms with van der Waals surface area (Å²) < 4.78 is 0.407. The first-order chi connectivity index (χ1) is 6.89. The van der Waals surface area contributed by atoms with Crippen molar-refractivity contribution in [3.05, 3.63) is 12.7 Å². The van der Waals surface area contributed by atoms with E-state index in [1.807, 2.05) is 21.1 Å². The lowest BCUT2D eigenvalue weighted by molar-refractivity contribution is -0.889. The monoisotopic (exact) mass is 214 g/mol. The zero-order valence-electron chi connectivity index (χ0n) is 9.95. The molecule has 0 spiro atoms. The number of carbonyl (C=O) groups is 1. The molecule has 4 nitrogen and oxygen atoms in total. The fourth-order valence-corrected chi connectivity index (χ4v) is 1.45. The third-order valence-electron chi connectivity index (χ3n) is 2.33. The van der Waals surface area contributed by atoms with Crippen molar-refractivity contribution in [1.29, 1.82) is 0 Å². The van der Waals surface area contributed by atoms with Crippen LogP contribution in [0.5, 0.6) is 0 Å². The number of carbonyl (C=O) groups excluding carboxylic acids is 1. The fourth-order valence-electron chi connectivity index (χ4n) is 1.45. The smallest absolute Gasteiger partial charge is 0.129 e. The van der Waals surface area contributed by atoms with Crippen molar-refractivity contribution in [3.63, 3.8) is 0 Å². The Morgan fingerprint density at radius 3 is 2.53 bits per heavy atom. The van der Waals surface area contributed by atoms with Crippen LogP contribution >= 0.6 is 0 Å². The number of quaternary nitrogens is 1. The summed E-state index contributed by atoms with van der Waals surface area (Å²) >= 11 is 0. The molecule has 0 aliphatic carbocycles. The lowest BCUT2D eigenvalue weighted by Gasteiger charge is -2.34. The van der Waals surface area contributed by atoms with Crippen molar-refractivity contribution in [2.24, 2.45) is 0 Å². The average molecular weight is 214 g/mol. The molecule has 0 fully saturated rings. The Labute approximate surface area is 92.2 Å². The van der Waals surface area contributed by atoms with E-state index >= 15 is 0 Å². The Balaban J connectivity index is 3.88. The molecule has 1 unspecified atom stereocenters. The second kappa shape index (κ2) is 6.58. The van der Waals surface area contributed by atoms with Gasteiger partial charge in [0, 0.05) is 13.0 Å².